The average molecular weight is 456 g/mol. The number of ether oxygens (including phenoxy) is 3. The Balaban J connectivity index is 1.72. The number of carboxylic acid groups (broad SMARTS) is 1. The first-order chi connectivity index (χ1) is 14.0. The van der Waals surface area contributed by atoms with Crippen LogP contribution in [0.25, 0.3) is 0 Å². The molecule has 1 amide bonds. The lowest BCUT2D eigenvalue weighted by Crippen LogP contribution is -2.48. The zero-order valence-corrected chi connectivity index (χ0v) is 17.9. The van der Waals surface area contributed by atoms with Crippen LogP contribution in [0.3, 0.4) is 0 Å². The van der Waals surface area contributed by atoms with Gasteiger partial charge in [0.1, 0.15) is 17.6 Å². The van der Waals surface area contributed by atoms with Gasteiger partial charge in [-0.25, -0.2) is 13.2 Å². The van der Waals surface area contributed by atoms with Gasteiger partial charge in [0.25, 0.3) is 0 Å². The van der Waals surface area contributed by atoms with Crippen molar-refractivity contribution in [3.8, 4) is 11.5 Å². The molecule has 0 saturated carbocycles. The second kappa shape index (κ2) is 8.81. The predicted molar refractivity (Wildman–Crippen MR) is 110 cm³/mol. The molecule has 8 nitrogen and oxygen atoms in total. The van der Waals surface area contributed by atoms with Crippen LogP contribution < -0.4 is 10.1 Å². The molecule has 0 spiro atoms. The zero-order valence-electron chi connectivity index (χ0n) is 16.4. The maximum absolute atomic E-state index is 12.9. The Morgan fingerprint density at radius 3 is 2.27 bits per heavy atom. The Morgan fingerprint density at radius 2 is 1.77 bits per heavy atom. The van der Waals surface area contributed by atoms with Crippen LogP contribution in [0.2, 0.25) is 5.02 Å². The highest BCUT2D eigenvalue weighted by atomic mass is 35.5. The Morgan fingerprint density at radius 1 is 1.20 bits per heavy atom. The number of hydrogen-bond acceptors (Lipinski definition) is 6. The molecule has 2 N–H and O–H groups in total. The summed E-state index contributed by atoms with van der Waals surface area (Å²) >= 11 is 5.84. The number of halogens is 1. The van der Waals surface area contributed by atoms with Gasteiger partial charge in [-0.15, -0.1) is 0 Å². The summed E-state index contributed by atoms with van der Waals surface area (Å²) in [5.74, 6) is -0.374. The monoisotopic (exact) mass is 455 g/mol. The van der Waals surface area contributed by atoms with E-state index in [1.807, 2.05) is 0 Å². The van der Waals surface area contributed by atoms with Crippen LogP contribution in [0.1, 0.15) is 13.8 Å². The van der Waals surface area contributed by atoms with Gasteiger partial charge in [0.05, 0.1) is 23.3 Å². The van der Waals surface area contributed by atoms with E-state index in [-0.39, 0.29) is 11.5 Å². The molecule has 0 aliphatic carbocycles. The molecule has 2 aromatic carbocycles. The lowest BCUT2D eigenvalue weighted by Gasteiger charge is -2.24. The summed E-state index contributed by atoms with van der Waals surface area (Å²) in [6, 6.07) is 11.6. The van der Waals surface area contributed by atoms with Crippen LogP contribution in [0.5, 0.6) is 11.5 Å². The molecule has 1 saturated heterocycles. The number of hydrogen-bond donors (Lipinski definition) is 2. The van der Waals surface area contributed by atoms with E-state index in [0.717, 1.165) is 0 Å². The molecule has 0 aromatic heterocycles. The Bertz CT molecular complexity index is 991. The van der Waals surface area contributed by atoms with Crippen LogP contribution in [0.4, 0.5) is 4.79 Å². The van der Waals surface area contributed by atoms with E-state index in [2.05, 4.69) is 5.32 Å². The van der Waals surface area contributed by atoms with E-state index in [4.69, 9.17) is 30.9 Å². The summed E-state index contributed by atoms with van der Waals surface area (Å²) in [4.78, 5) is 11.2. The van der Waals surface area contributed by atoms with E-state index < -0.39 is 39.6 Å². The van der Waals surface area contributed by atoms with Crippen molar-refractivity contribution < 1.29 is 32.5 Å². The number of rotatable bonds is 7. The fourth-order valence-corrected chi connectivity index (χ4v) is 4.64. The highest BCUT2D eigenvalue weighted by Gasteiger charge is 2.40. The van der Waals surface area contributed by atoms with Crippen LogP contribution in [0, 0.1) is 0 Å². The minimum atomic E-state index is -3.81. The fourth-order valence-electron chi connectivity index (χ4n) is 3.00. The van der Waals surface area contributed by atoms with Gasteiger partial charge in [0.15, 0.2) is 15.6 Å². The first kappa shape index (κ1) is 22.4. The van der Waals surface area contributed by atoms with E-state index in [1.54, 1.807) is 38.1 Å². The summed E-state index contributed by atoms with van der Waals surface area (Å²) in [5, 5.41) is 11.9. The molecular formula is C20H22ClNO7S. The van der Waals surface area contributed by atoms with Gasteiger partial charge in [-0.1, -0.05) is 11.6 Å². The first-order valence-corrected chi connectivity index (χ1v) is 11.1. The lowest BCUT2D eigenvalue weighted by atomic mass is 10.2. The third-order valence-electron chi connectivity index (χ3n) is 4.42. The van der Waals surface area contributed by atoms with Gasteiger partial charge in [-0.3, -0.25) is 0 Å². The molecule has 0 radical (unpaired) electrons. The number of amides is 1. The van der Waals surface area contributed by atoms with Crippen molar-refractivity contribution in [1.82, 2.24) is 5.32 Å². The molecule has 10 heteroatoms. The molecule has 0 unspecified atom stereocenters. The van der Waals surface area contributed by atoms with Gasteiger partial charge >= 0.3 is 6.09 Å². The summed E-state index contributed by atoms with van der Waals surface area (Å²) in [6.07, 6.45) is -2.06. The minimum absolute atomic E-state index is 0.0429. The third kappa shape index (κ3) is 5.85. The van der Waals surface area contributed by atoms with Crippen molar-refractivity contribution in [1.29, 1.82) is 0 Å². The lowest BCUT2D eigenvalue weighted by molar-refractivity contribution is -0.140. The summed E-state index contributed by atoms with van der Waals surface area (Å²) in [5.41, 5.74) is 0. The SMILES string of the molecule is CC1(C)OC[C@H]([C@@H](CS(=O)(=O)c2ccc(Oc3ccc(Cl)cc3)cc2)NC(=O)O)O1. The van der Waals surface area contributed by atoms with Gasteiger partial charge in [-0.2, -0.15) is 0 Å². The third-order valence-corrected chi connectivity index (χ3v) is 6.46. The zero-order chi connectivity index (χ0) is 21.9. The van der Waals surface area contributed by atoms with Crippen molar-refractivity contribution in [2.24, 2.45) is 0 Å². The molecule has 3 rings (SSSR count). The molecule has 1 fully saturated rings. The minimum Gasteiger partial charge on any atom is -0.465 e. The summed E-state index contributed by atoms with van der Waals surface area (Å²) < 4.78 is 42.5. The number of benzene rings is 2. The summed E-state index contributed by atoms with van der Waals surface area (Å²) in [6.45, 7) is 3.44. The summed E-state index contributed by atoms with van der Waals surface area (Å²) in [7, 11) is -3.81. The van der Waals surface area contributed by atoms with Crippen LogP contribution >= 0.6 is 11.6 Å². The smallest absolute Gasteiger partial charge is 0.405 e. The highest BCUT2D eigenvalue weighted by molar-refractivity contribution is 7.91. The molecular weight excluding hydrogens is 434 g/mol. The van der Waals surface area contributed by atoms with Gasteiger partial charge in [0, 0.05) is 5.02 Å². The van der Waals surface area contributed by atoms with Crippen molar-refractivity contribution in [3.05, 3.63) is 53.6 Å². The molecule has 1 aliphatic heterocycles. The predicted octanol–water partition coefficient (Wildman–Crippen LogP) is 3.69. The van der Waals surface area contributed by atoms with E-state index in [0.29, 0.717) is 16.5 Å². The Labute approximate surface area is 179 Å². The second-order valence-electron chi connectivity index (χ2n) is 7.23. The largest absolute Gasteiger partial charge is 0.465 e. The highest BCUT2D eigenvalue weighted by Crippen LogP contribution is 2.27. The molecule has 1 aliphatic rings. The topological polar surface area (TPSA) is 111 Å². The second-order valence-corrected chi connectivity index (χ2v) is 9.70. The molecule has 1 heterocycles. The van der Waals surface area contributed by atoms with Crippen molar-refractivity contribution >= 4 is 27.5 Å². The van der Waals surface area contributed by atoms with Gasteiger partial charge in [-0.05, 0) is 62.4 Å². The molecule has 30 heavy (non-hydrogen) atoms. The van der Waals surface area contributed by atoms with Crippen molar-refractivity contribution in [3.63, 3.8) is 0 Å². The van der Waals surface area contributed by atoms with E-state index in [1.165, 1.54) is 24.3 Å². The maximum atomic E-state index is 12.9. The van der Waals surface area contributed by atoms with E-state index in [9.17, 15) is 13.2 Å². The molecule has 0 bridgehead atoms. The molecule has 162 valence electrons. The van der Waals surface area contributed by atoms with Crippen LogP contribution in [-0.2, 0) is 19.3 Å². The number of carbonyl (C=O) groups is 1. The van der Waals surface area contributed by atoms with Crippen molar-refractivity contribution in [2.45, 2.75) is 36.7 Å². The van der Waals surface area contributed by atoms with Gasteiger partial charge < -0.3 is 24.6 Å². The number of nitrogens with one attached hydrogen (secondary N) is 1. The number of sulfone groups is 1. The maximum Gasteiger partial charge on any atom is 0.405 e. The molecule has 2 aromatic rings. The van der Waals surface area contributed by atoms with E-state index >= 15 is 0 Å². The fraction of sp³-hybridized carbons (Fsp3) is 0.350. The Hall–Kier alpha value is -2.33. The normalized spacial score (nSPS) is 19.2. The molecule has 2 atom stereocenters. The van der Waals surface area contributed by atoms with Gasteiger partial charge in [0.2, 0.25) is 0 Å². The average Bonchev–Trinajstić information content (AvgIpc) is 3.03. The first-order valence-electron chi connectivity index (χ1n) is 9.11. The van der Waals surface area contributed by atoms with Crippen LogP contribution in [-0.4, -0.2) is 49.9 Å². The quantitative estimate of drug-likeness (QED) is 0.654. The van der Waals surface area contributed by atoms with Crippen molar-refractivity contribution in [2.75, 3.05) is 12.4 Å². The Kier molecular flexibility index (Phi) is 6.56. The standard InChI is InChI=1S/C20H22ClNO7S/c1-20(2)27-11-18(29-20)17(22-19(23)24)12-30(25,26)16-9-7-15(8-10-16)28-14-5-3-13(21)4-6-14/h3-10,17-18,22H,11-12H2,1-2H3,(H,23,24)/t17-,18-/m1/s1. The van der Waals surface area contributed by atoms with Crippen LogP contribution in [0.15, 0.2) is 53.4 Å².